The number of hydrogen-bond acceptors (Lipinski definition) is 8. The van der Waals surface area contributed by atoms with Gasteiger partial charge in [-0.15, -0.1) is 0 Å². The number of carbonyl (C=O) groups is 1. The molecule has 2 aliphatic rings. The number of aryl methyl sites for hydroxylation is 1. The van der Waals surface area contributed by atoms with Gasteiger partial charge in [-0.3, -0.25) is 0 Å². The minimum atomic E-state index is -1.80. The number of benzene rings is 2. The molecule has 4 rings (SSSR count). The molecule has 8 nitrogen and oxygen atoms in total. The summed E-state index contributed by atoms with van der Waals surface area (Å²) in [4.78, 5) is 12.7. The maximum Gasteiger partial charge on any atom is 0.352 e. The molecular formula is C25H30O8. The summed E-state index contributed by atoms with van der Waals surface area (Å²) in [7, 11) is 0. The number of carbonyl (C=O) groups excluding carboxylic acids is 1. The van der Waals surface area contributed by atoms with Crippen LogP contribution in [0.15, 0.2) is 48.5 Å². The molecular weight excluding hydrogens is 428 g/mol. The summed E-state index contributed by atoms with van der Waals surface area (Å²) < 4.78 is 15.9. The van der Waals surface area contributed by atoms with Gasteiger partial charge in [0.15, 0.2) is 11.9 Å². The van der Waals surface area contributed by atoms with Crippen LogP contribution in [0.2, 0.25) is 0 Å². The highest BCUT2D eigenvalue weighted by molar-refractivity contribution is 5.79. The minimum Gasteiger partial charge on any atom is -0.476 e. The van der Waals surface area contributed by atoms with Crippen LogP contribution >= 0.6 is 0 Å². The number of aliphatic hydroxyl groups excluding tert-OH is 4. The van der Waals surface area contributed by atoms with E-state index in [9.17, 15) is 25.2 Å². The van der Waals surface area contributed by atoms with Crippen LogP contribution in [-0.4, -0.2) is 62.9 Å². The Kier molecular flexibility index (Phi) is 6.74. The fourth-order valence-corrected chi connectivity index (χ4v) is 4.38. The SMILES string of the molecule is CC(C)(Oc1ccc(C2CCCc3ccccc32)cc1)C(=O)O[C@@H]1O[C@H](O)[C@@H](O)[C@H](O)[C@H]1O. The lowest BCUT2D eigenvalue weighted by atomic mass is 9.79. The lowest BCUT2D eigenvalue weighted by Gasteiger charge is -2.38. The Bertz CT molecular complexity index is 973. The first-order chi connectivity index (χ1) is 15.7. The number of ether oxygens (including phenoxy) is 3. The van der Waals surface area contributed by atoms with Gasteiger partial charge >= 0.3 is 5.97 Å². The summed E-state index contributed by atoms with van der Waals surface area (Å²) in [6, 6.07) is 16.1. The molecule has 33 heavy (non-hydrogen) atoms. The first kappa shape index (κ1) is 23.7. The maximum absolute atomic E-state index is 12.7. The van der Waals surface area contributed by atoms with Crippen molar-refractivity contribution in [2.45, 2.75) is 75.5 Å². The molecule has 1 fully saturated rings. The van der Waals surface area contributed by atoms with Crippen LogP contribution in [-0.2, 0) is 20.7 Å². The second kappa shape index (κ2) is 9.40. The molecule has 2 aromatic rings. The maximum atomic E-state index is 12.7. The Balaban J connectivity index is 1.42. The van der Waals surface area contributed by atoms with Gasteiger partial charge in [0.25, 0.3) is 0 Å². The molecule has 1 heterocycles. The number of aliphatic hydroxyl groups is 4. The molecule has 0 aromatic heterocycles. The summed E-state index contributed by atoms with van der Waals surface area (Å²) in [6.07, 6.45) is -5.32. The fourth-order valence-electron chi connectivity index (χ4n) is 4.38. The lowest BCUT2D eigenvalue weighted by Crippen LogP contribution is -2.59. The summed E-state index contributed by atoms with van der Waals surface area (Å²) in [5.74, 6) is -0.0851. The number of rotatable bonds is 5. The average molecular weight is 459 g/mol. The molecule has 0 radical (unpaired) electrons. The van der Waals surface area contributed by atoms with E-state index in [0.29, 0.717) is 11.7 Å². The highest BCUT2D eigenvalue weighted by atomic mass is 16.8. The van der Waals surface area contributed by atoms with E-state index in [-0.39, 0.29) is 0 Å². The Labute approximate surface area is 192 Å². The zero-order valence-corrected chi connectivity index (χ0v) is 18.6. The standard InChI is InChI=1S/C25H30O8/c1-25(2,24(30)32-23-21(28)19(26)20(27)22(29)31-23)33-16-12-10-15(11-13-16)18-9-5-7-14-6-3-4-8-17(14)18/h3-4,6,8,10-13,18-23,26-29H,5,7,9H2,1-2H3/t18?,19-,20-,21+,22-,23-/m0/s1. The summed E-state index contributed by atoms with van der Waals surface area (Å²) in [6.45, 7) is 3.00. The third kappa shape index (κ3) is 4.90. The normalized spacial score (nSPS) is 29.8. The van der Waals surface area contributed by atoms with E-state index in [4.69, 9.17) is 14.2 Å². The van der Waals surface area contributed by atoms with Crippen LogP contribution in [0.3, 0.4) is 0 Å². The van der Waals surface area contributed by atoms with Crippen molar-refractivity contribution >= 4 is 5.97 Å². The second-order valence-corrected chi connectivity index (χ2v) is 9.10. The van der Waals surface area contributed by atoms with Crippen molar-refractivity contribution in [3.8, 4) is 5.75 Å². The summed E-state index contributed by atoms with van der Waals surface area (Å²) >= 11 is 0. The van der Waals surface area contributed by atoms with Gasteiger partial charge in [0.1, 0.15) is 24.1 Å². The van der Waals surface area contributed by atoms with E-state index >= 15 is 0 Å². The van der Waals surface area contributed by atoms with Crippen molar-refractivity contribution in [3.63, 3.8) is 0 Å². The first-order valence-electron chi connectivity index (χ1n) is 11.1. The van der Waals surface area contributed by atoms with Crippen molar-refractivity contribution < 1.29 is 39.4 Å². The fraction of sp³-hybridized carbons (Fsp3) is 0.480. The lowest BCUT2D eigenvalue weighted by molar-refractivity contribution is -0.333. The number of fused-ring (bicyclic) bond motifs is 1. The molecule has 2 aromatic carbocycles. The van der Waals surface area contributed by atoms with E-state index in [2.05, 4.69) is 24.3 Å². The molecule has 1 aliphatic heterocycles. The molecule has 0 saturated carbocycles. The van der Waals surface area contributed by atoms with E-state index in [0.717, 1.165) is 19.3 Å². The van der Waals surface area contributed by atoms with E-state index in [1.54, 1.807) is 12.1 Å². The Morgan fingerprint density at radius 1 is 0.970 bits per heavy atom. The summed E-state index contributed by atoms with van der Waals surface area (Å²) in [5, 5.41) is 38.9. The molecule has 8 heteroatoms. The highest BCUT2D eigenvalue weighted by Crippen LogP contribution is 2.37. The molecule has 178 valence electrons. The number of hydrogen-bond donors (Lipinski definition) is 4. The third-order valence-electron chi connectivity index (χ3n) is 6.28. The van der Waals surface area contributed by atoms with Crippen molar-refractivity contribution in [1.82, 2.24) is 0 Å². The largest absolute Gasteiger partial charge is 0.476 e. The van der Waals surface area contributed by atoms with Crippen LogP contribution in [0.4, 0.5) is 0 Å². The molecule has 4 N–H and O–H groups in total. The zero-order valence-electron chi connectivity index (χ0n) is 18.6. The average Bonchev–Trinajstić information content (AvgIpc) is 2.81. The van der Waals surface area contributed by atoms with Crippen molar-refractivity contribution in [3.05, 3.63) is 65.2 Å². The molecule has 1 saturated heterocycles. The van der Waals surface area contributed by atoms with Crippen molar-refractivity contribution in [2.24, 2.45) is 0 Å². The van der Waals surface area contributed by atoms with Crippen molar-refractivity contribution in [1.29, 1.82) is 0 Å². The second-order valence-electron chi connectivity index (χ2n) is 9.10. The van der Waals surface area contributed by atoms with Crippen molar-refractivity contribution in [2.75, 3.05) is 0 Å². The predicted molar refractivity (Wildman–Crippen MR) is 117 cm³/mol. The Morgan fingerprint density at radius 2 is 1.67 bits per heavy atom. The van der Waals surface area contributed by atoms with E-state index in [1.807, 2.05) is 12.1 Å². The van der Waals surface area contributed by atoms with Gasteiger partial charge in [0.05, 0.1) is 0 Å². The smallest absolute Gasteiger partial charge is 0.352 e. The van der Waals surface area contributed by atoms with Gasteiger partial charge in [-0.05, 0) is 61.9 Å². The van der Waals surface area contributed by atoms with Gasteiger partial charge in [0.2, 0.25) is 6.29 Å². The highest BCUT2D eigenvalue weighted by Gasteiger charge is 2.46. The zero-order chi connectivity index (χ0) is 23.8. The van der Waals surface area contributed by atoms with E-state index < -0.39 is 42.5 Å². The quantitative estimate of drug-likeness (QED) is 0.498. The van der Waals surface area contributed by atoms with Crippen LogP contribution in [0.1, 0.15) is 49.3 Å². The van der Waals surface area contributed by atoms with Gasteiger partial charge in [-0.1, -0.05) is 36.4 Å². The van der Waals surface area contributed by atoms with Crippen LogP contribution in [0.5, 0.6) is 5.75 Å². The Morgan fingerprint density at radius 3 is 2.39 bits per heavy atom. The van der Waals surface area contributed by atoms with Crippen LogP contribution in [0.25, 0.3) is 0 Å². The van der Waals surface area contributed by atoms with Gasteiger partial charge in [-0.25, -0.2) is 4.79 Å². The van der Waals surface area contributed by atoms with Crippen LogP contribution in [0, 0.1) is 0 Å². The molecule has 6 atom stereocenters. The molecule has 0 bridgehead atoms. The molecule has 1 aliphatic carbocycles. The Hall–Kier alpha value is -2.49. The van der Waals surface area contributed by atoms with Gasteiger partial charge in [0, 0.05) is 5.92 Å². The first-order valence-corrected chi connectivity index (χ1v) is 11.1. The summed E-state index contributed by atoms with van der Waals surface area (Å²) in [5.41, 5.74) is 2.46. The predicted octanol–water partition coefficient (Wildman–Crippen LogP) is 1.61. The third-order valence-corrected chi connectivity index (χ3v) is 6.28. The molecule has 0 amide bonds. The monoisotopic (exact) mass is 458 g/mol. The minimum absolute atomic E-state index is 0.320. The van der Waals surface area contributed by atoms with E-state index in [1.165, 1.54) is 30.5 Å². The molecule has 0 spiro atoms. The topological polar surface area (TPSA) is 126 Å². The number of esters is 1. The molecule has 1 unspecified atom stereocenters. The van der Waals surface area contributed by atoms with Gasteiger partial charge < -0.3 is 34.6 Å². The van der Waals surface area contributed by atoms with Gasteiger partial charge in [-0.2, -0.15) is 0 Å². The van der Waals surface area contributed by atoms with Crippen LogP contribution < -0.4 is 4.74 Å².